The zero-order chi connectivity index (χ0) is 25.4. The Morgan fingerprint density at radius 1 is 1.18 bits per heavy atom. The lowest BCUT2D eigenvalue weighted by Crippen LogP contribution is -2.49. The van der Waals surface area contributed by atoms with Crippen LogP contribution in [0.1, 0.15) is 63.7 Å². The largest absolute Gasteiger partial charge is 0.417 e. The SMILES string of the molecule is CC(C)[C@H](NC(=O)CN1C(=O)NC(C)(C)C1=O)C(=O)c1nnc(C(C)(C)c2ccc(F)cc2)o1. The summed E-state index contributed by atoms with van der Waals surface area (Å²) in [4.78, 5) is 50.8. The molecule has 2 aromatic rings. The molecule has 0 aliphatic carbocycles. The zero-order valence-electron chi connectivity index (χ0n) is 19.9. The van der Waals surface area contributed by atoms with Crippen molar-refractivity contribution in [2.75, 3.05) is 6.54 Å². The minimum atomic E-state index is -1.11. The van der Waals surface area contributed by atoms with E-state index in [0.29, 0.717) is 5.56 Å². The number of Topliss-reactive ketones (excluding diaryl/α,β-unsaturated/α-hetero) is 1. The summed E-state index contributed by atoms with van der Waals surface area (Å²) >= 11 is 0. The van der Waals surface area contributed by atoms with Crippen LogP contribution in [0.15, 0.2) is 28.7 Å². The van der Waals surface area contributed by atoms with E-state index in [1.165, 1.54) is 26.0 Å². The first-order valence-corrected chi connectivity index (χ1v) is 10.8. The van der Waals surface area contributed by atoms with Crippen molar-refractivity contribution >= 4 is 23.6 Å². The van der Waals surface area contributed by atoms with Gasteiger partial charge in [0.2, 0.25) is 17.6 Å². The van der Waals surface area contributed by atoms with Crippen molar-refractivity contribution < 1.29 is 28.0 Å². The molecule has 1 aliphatic heterocycles. The van der Waals surface area contributed by atoms with Gasteiger partial charge in [-0.25, -0.2) is 9.18 Å². The molecule has 2 heterocycles. The third-order valence-corrected chi connectivity index (χ3v) is 5.75. The van der Waals surface area contributed by atoms with Gasteiger partial charge in [-0.1, -0.05) is 26.0 Å². The number of imide groups is 1. The van der Waals surface area contributed by atoms with Crippen LogP contribution in [0.2, 0.25) is 0 Å². The summed E-state index contributed by atoms with van der Waals surface area (Å²) in [6.07, 6.45) is 0. The second-order valence-electron chi connectivity index (χ2n) is 9.64. The highest BCUT2D eigenvalue weighted by molar-refractivity contribution is 6.09. The summed E-state index contributed by atoms with van der Waals surface area (Å²) in [7, 11) is 0. The number of urea groups is 1. The number of nitrogens with zero attached hydrogens (tertiary/aromatic N) is 3. The van der Waals surface area contributed by atoms with Gasteiger partial charge in [0.25, 0.3) is 11.8 Å². The molecule has 11 heteroatoms. The molecule has 1 aliphatic rings. The standard InChI is InChI=1S/C23H28FN5O5/c1-12(2)16(25-15(30)11-29-20(32)23(5,6)26-21(29)33)17(31)18-27-28-19(34-18)22(3,4)13-7-9-14(24)10-8-13/h7-10,12,16H,11H2,1-6H3,(H,25,30)(H,26,33)/t16-/m0/s1. The van der Waals surface area contributed by atoms with Crippen LogP contribution in [-0.2, 0) is 15.0 Å². The van der Waals surface area contributed by atoms with Crippen molar-refractivity contribution in [3.8, 4) is 0 Å². The first-order valence-electron chi connectivity index (χ1n) is 10.8. The number of aromatic nitrogens is 2. The number of nitrogens with one attached hydrogen (secondary N) is 2. The molecule has 1 atom stereocenters. The molecule has 182 valence electrons. The van der Waals surface area contributed by atoms with Gasteiger partial charge in [-0.2, -0.15) is 0 Å². The molecule has 0 radical (unpaired) electrons. The van der Waals surface area contributed by atoms with E-state index in [1.54, 1.807) is 39.8 Å². The molecule has 34 heavy (non-hydrogen) atoms. The first kappa shape index (κ1) is 25.0. The highest BCUT2D eigenvalue weighted by Gasteiger charge is 2.45. The summed E-state index contributed by atoms with van der Waals surface area (Å²) in [5.41, 5.74) is -1.20. The fraction of sp³-hybridized carbons (Fsp3) is 0.478. The van der Waals surface area contributed by atoms with Gasteiger partial charge < -0.3 is 15.1 Å². The van der Waals surface area contributed by atoms with Crippen LogP contribution in [0.3, 0.4) is 0 Å². The van der Waals surface area contributed by atoms with Crippen LogP contribution in [0.5, 0.6) is 0 Å². The molecule has 4 amide bonds. The lowest BCUT2D eigenvalue weighted by Gasteiger charge is -2.22. The van der Waals surface area contributed by atoms with Crippen molar-refractivity contribution in [2.45, 2.75) is 58.5 Å². The molecule has 3 rings (SSSR count). The zero-order valence-corrected chi connectivity index (χ0v) is 19.9. The van der Waals surface area contributed by atoms with Gasteiger partial charge in [-0.05, 0) is 51.3 Å². The van der Waals surface area contributed by atoms with E-state index in [9.17, 15) is 23.6 Å². The van der Waals surface area contributed by atoms with Gasteiger partial charge >= 0.3 is 6.03 Å². The van der Waals surface area contributed by atoms with Crippen LogP contribution in [0.4, 0.5) is 9.18 Å². The Morgan fingerprint density at radius 2 is 1.79 bits per heavy atom. The topological polar surface area (TPSA) is 134 Å². The number of ketones is 1. The van der Waals surface area contributed by atoms with Crippen LogP contribution in [-0.4, -0.2) is 56.9 Å². The predicted octanol–water partition coefficient (Wildman–Crippen LogP) is 2.19. The highest BCUT2D eigenvalue weighted by atomic mass is 19.1. The third kappa shape index (κ3) is 4.82. The maximum atomic E-state index is 13.3. The Hall–Kier alpha value is -3.63. The maximum Gasteiger partial charge on any atom is 0.325 e. The molecule has 1 aromatic heterocycles. The number of hydrogen-bond donors (Lipinski definition) is 2. The van der Waals surface area contributed by atoms with Gasteiger partial charge in [0.1, 0.15) is 17.9 Å². The molecule has 0 saturated carbocycles. The van der Waals surface area contributed by atoms with Gasteiger partial charge in [-0.15, -0.1) is 10.2 Å². The van der Waals surface area contributed by atoms with Crippen LogP contribution in [0.25, 0.3) is 0 Å². The van der Waals surface area contributed by atoms with E-state index in [1.807, 2.05) is 0 Å². The van der Waals surface area contributed by atoms with Crippen LogP contribution < -0.4 is 10.6 Å². The monoisotopic (exact) mass is 473 g/mol. The van der Waals surface area contributed by atoms with Crippen LogP contribution in [0, 0.1) is 11.7 Å². The number of carbonyl (C=O) groups excluding carboxylic acids is 4. The molecule has 1 aromatic carbocycles. The average Bonchev–Trinajstić information content (AvgIpc) is 3.32. The van der Waals surface area contributed by atoms with Crippen molar-refractivity contribution in [3.05, 3.63) is 47.4 Å². The molecule has 1 fully saturated rings. The minimum absolute atomic E-state index is 0.151. The van der Waals surface area contributed by atoms with Crippen molar-refractivity contribution in [3.63, 3.8) is 0 Å². The number of hydrogen-bond acceptors (Lipinski definition) is 7. The normalized spacial score (nSPS) is 16.5. The van der Waals surface area contributed by atoms with Crippen molar-refractivity contribution in [1.82, 2.24) is 25.7 Å². The van der Waals surface area contributed by atoms with Gasteiger partial charge in [0.05, 0.1) is 11.5 Å². The fourth-order valence-electron chi connectivity index (χ4n) is 3.56. The smallest absolute Gasteiger partial charge is 0.325 e. The van der Waals surface area contributed by atoms with Gasteiger partial charge in [0, 0.05) is 0 Å². The highest BCUT2D eigenvalue weighted by Crippen LogP contribution is 2.30. The summed E-state index contributed by atoms with van der Waals surface area (Å²) in [5.74, 6) is -2.69. The molecular formula is C23H28FN5O5. The summed E-state index contributed by atoms with van der Waals surface area (Å²) < 4.78 is 18.9. The predicted molar refractivity (Wildman–Crippen MR) is 118 cm³/mol. The number of rotatable bonds is 8. The second kappa shape index (κ2) is 8.96. The van der Waals surface area contributed by atoms with Crippen LogP contribution >= 0.6 is 0 Å². The average molecular weight is 474 g/mol. The van der Waals surface area contributed by atoms with E-state index in [-0.39, 0.29) is 23.5 Å². The number of benzene rings is 1. The first-order chi connectivity index (χ1) is 15.7. The van der Waals surface area contributed by atoms with E-state index >= 15 is 0 Å². The fourth-order valence-corrected chi connectivity index (χ4v) is 3.56. The Morgan fingerprint density at radius 3 is 2.32 bits per heavy atom. The second-order valence-corrected chi connectivity index (χ2v) is 9.64. The molecule has 2 N–H and O–H groups in total. The molecular weight excluding hydrogens is 445 g/mol. The number of amides is 4. The Balaban J connectivity index is 1.75. The Bertz CT molecular complexity index is 1120. The van der Waals surface area contributed by atoms with E-state index in [2.05, 4.69) is 20.8 Å². The molecule has 0 unspecified atom stereocenters. The lowest BCUT2D eigenvalue weighted by atomic mass is 9.84. The number of halogens is 1. The summed E-state index contributed by atoms with van der Waals surface area (Å²) in [5, 5.41) is 12.9. The van der Waals surface area contributed by atoms with Gasteiger partial charge in [0.15, 0.2) is 0 Å². The van der Waals surface area contributed by atoms with E-state index in [0.717, 1.165) is 4.90 Å². The number of carbonyl (C=O) groups is 4. The van der Waals surface area contributed by atoms with Gasteiger partial charge in [-0.3, -0.25) is 19.3 Å². The Kier molecular flexibility index (Phi) is 6.59. The van der Waals surface area contributed by atoms with Crippen molar-refractivity contribution in [2.24, 2.45) is 5.92 Å². The molecule has 0 bridgehead atoms. The van der Waals surface area contributed by atoms with Crippen molar-refractivity contribution in [1.29, 1.82) is 0 Å². The molecule has 10 nitrogen and oxygen atoms in total. The lowest BCUT2D eigenvalue weighted by molar-refractivity contribution is -0.134. The quantitative estimate of drug-likeness (QED) is 0.443. The molecule has 0 spiro atoms. The third-order valence-electron chi connectivity index (χ3n) is 5.75. The maximum absolute atomic E-state index is 13.3. The Labute approximate surface area is 196 Å². The van der Waals surface area contributed by atoms with E-state index < -0.39 is 47.2 Å². The van der Waals surface area contributed by atoms with E-state index in [4.69, 9.17) is 4.42 Å². The minimum Gasteiger partial charge on any atom is -0.417 e. The summed E-state index contributed by atoms with van der Waals surface area (Å²) in [6.45, 7) is 9.57. The molecule has 1 saturated heterocycles. The summed E-state index contributed by atoms with van der Waals surface area (Å²) in [6, 6.07) is 4.11.